The van der Waals surface area contributed by atoms with E-state index in [1.807, 2.05) is 0 Å². The Morgan fingerprint density at radius 1 is 1.62 bits per heavy atom. The minimum absolute atomic E-state index is 0.171. The average Bonchev–Trinajstić information content (AvgIpc) is 2.02. The maximum absolute atomic E-state index is 13.1. The molecule has 66 valence electrons. The zero-order valence-corrected chi connectivity index (χ0v) is 7.77. The molecule has 0 saturated heterocycles. The Morgan fingerprint density at radius 3 is 2.69 bits per heavy atom. The number of hydrogen-bond donors (Lipinski definition) is 1. The van der Waals surface area contributed by atoms with Crippen molar-refractivity contribution in [2.75, 3.05) is 7.11 Å². The van der Waals surface area contributed by atoms with Gasteiger partial charge in [0.1, 0.15) is 19.2 Å². The molecule has 5 heteroatoms. The fourth-order valence-electron chi connectivity index (χ4n) is 0.917. The van der Waals surface area contributed by atoms with E-state index in [9.17, 15) is 9.18 Å². The quantitative estimate of drug-likeness (QED) is 0.406. The van der Waals surface area contributed by atoms with E-state index in [2.05, 4.69) is 17.4 Å². The van der Waals surface area contributed by atoms with Gasteiger partial charge in [-0.15, -0.1) is 12.6 Å². The van der Waals surface area contributed by atoms with Crippen LogP contribution in [-0.4, -0.2) is 20.9 Å². The lowest BCUT2D eigenvalue weighted by atomic mass is 9.95. The normalized spacial score (nSPS) is 9.77. The maximum Gasteiger partial charge on any atom is 0.341 e. The largest absolute Gasteiger partial charge is 0.465 e. The summed E-state index contributed by atoms with van der Waals surface area (Å²) in [5.41, 5.74) is 0.0233. The van der Waals surface area contributed by atoms with Crippen molar-refractivity contribution in [1.29, 1.82) is 0 Å². The zero-order chi connectivity index (χ0) is 10.0. The van der Waals surface area contributed by atoms with Crippen LogP contribution in [0.4, 0.5) is 4.39 Å². The molecule has 13 heavy (non-hydrogen) atoms. The van der Waals surface area contributed by atoms with Crippen molar-refractivity contribution < 1.29 is 13.9 Å². The Balaban J connectivity index is 3.28. The van der Waals surface area contributed by atoms with Crippen LogP contribution in [0, 0.1) is 5.82 Å². The Bertz CT molecular complexity index is 331. The molecule has 0 saturated carbocycles. The first kappa shape index (κ1) is 10.1. The SMILES string of the molecule is [B]c1cc(F)c(C(=O)OC)c(S)c1. The van der Waals surface area contributed by atoms with Gasteiger partial charge in [0.05, 0.1) is 7.11 Å². The molecule has 1 aromatic rings. The lowest BCUT2D eigenvalue weighted by Crippen LogP contribution is -2.11. The summed E-state index contributed by atoms with van der Waals surface area (Å²) in [6, 6.07) is 2.43. The minimum Gasteiger partial charge on any atom is -0.465 e. The molecule has 0 bridgehead atoms. The topological polar surface area (TPSA) is 26.3 Å². The fraction of sp³-hybridized carbons (Fsp3) is 0.125. The van der Waals surface area contributed by atoms with E-state index in [1.165, 1.54) is 13.2 Å². The molecule has 0 atom stereocenters. The van der Waals surface area contributed by atoms with E-state index in [0.29, 0.717) is 0 Å². The molecule has 0 amide bonds. The number of thiol groups is 1. The Hall–Kier alpha value is -0.965. The highest BCUT2D eigenvalue weighted by molar-refractivity contribution is 7.80. The number of ether oxygens (including phenoxy) is 1. The van der Waals surface area contributed by atoms with Gasteiger partial charge in [-0.1, -0.05) is 11.5 Å². The molecule has 0 aliphatic heterocycles. The predicted octanol–water partition coefficient (Wildman–Crippen LogP) is 0.695. The number of hydrogen-bond acceptors (Lipinski definition) is 3. The van der Waals surface area contributed by atoms with Gasteiger partial charge in [0.25, 0.3) is 0 Å². The molecular weight excluding hydrogens is 190 g/mol. The van der Waals surface area contributed by atoms with Gasteiger partial charge in [-0.25, -0.2) is 9.18 Å². The molecule has 2 nitrogen and oxygen atoms in total. The second-order valence-electron chi connectivity index (χ2n) is 2.39. The van der Waals surface area contributed by atoms with E-state index in [4.69, 9.17) is 7.85 Å². The van der Waals surface area contributed by atoms with E-state index in [1.54, 1.807) is 0 Å². The van der Waals surface area contributed by atoms with E-state index >= 15 is 0 Å². The summed E-state index contributed by atoms with van der Waals surface area (Å²) >= 11 is 3.91. The van der Waals surface area contributed by atoms with Gasteiger partial charge in [-0.3, -0.25) is 0 Å². The third-order valence-corrected chi connectivity index (χ3v) is 1.83. The molecule has 1 rings (SSSR count). The highest BCUT2D eigenvalue weighted by atomic mass is 32.1. The monoisotopic (exact) mass is 196 g/mol. The molecular formula is C8H6BFO2S. The number of carbonyl (C=O) groups is 1. The average molecular weight is 196 g/mol. The molecule has 2 radical (unpaired) electrons. The minimum atomic E-state index is -0.762. The van der Waals surface area contributed by atoms with Crippen LogP contribution in [0.1, 0.15) is 10.4 Å². The number of carbonyl (C=O) groups excluding carboxylic acids is 1. The standard InChI is InChI=1S/C8H6BFO2S/c1-12-8(11)7-5(10)2-4(9)3-6(7)13/h2-3,13H,1H3. The first-order valence-electron chi connectivity index (χ1n) is 3.42. The lowest BCUT2D eigenvalue weighted by Gasteiger charge is -2.05. The number of methoxy groups -OCH3 is 1. The summed E-state index contributed by atoms with van der Waals surface area (Å²) in [4.78, 5) is 11.2. The van der Waals surface area contributed by atoms with Crippen molar-refractivity contribution >= 4 is 31.9 Å². The van der Waals surface area contributed by atoms with Crippen LogP contribution in [0.25, 0.3) is 0 Å². The van der Waals surface area contributed by atoms with Crippen LogP contribution in [0.3, 0.4) is 0 Å². The predicted molar refractivity (Wildman–Crippen MR) is 50.4 cm³/mol. The number of esters is 1. The van der Waals surface area contributed by atoms with Gasteiger partial charge >= 0.3 is 5.97 Å². The molecule has 0 aliphatic rings. The van der Waals surface area contributed by atoms with Crippen molar-refractivity contribution in [3.05, 3.63) is 23.5 Å². The highest BCUT2D eigenvalue weighted by Crippen LogP contribution is 2.16. The van der Waals surface area contributed by atoms with Gasteiger partial charge in [0.15, 0.2) is 0 Å². The third-order valence-electron chi connectivity index (χ3n) is 1.48. The number of benzene rings is 1. The van der Waals surface area contributed by atoms with Crippen LogP contribution in [0.2, 0.25) is 0 Å². The molecule has 0 unspecified atom stereocenters. The Labute approximate surface area is 81.9 Å². The molecule has 0 heterocycles. The van der Waals surface area contributed by atoms with Gasteiger partial charge < -0.3 is 4.74 Å². The van der Waals surface area contributed by atoms with Gasteiger partial charge in [0.2, 0.25) is 0 Å². The van der Waals surface area contributed by atoms with Crippen LogP contribution < -0.4 is 5.46 Å². The lowest BCUT2D eigenvalue weighted by molar-refractivity contribution is 0.0591. The maximum atomic E-state index is 13.1. The molecule has 0 aromatic heterocycles. The van der Waals surface area contributed by atoms with Crippen LogP contribution >= 0.6 is 12.6 Å². The first-order chi connectivity index (χ1) is 6.06. The van der Waals surface area contributed by atoms with Crippen LogP contribution in [-0.2, 0) is 4.74 Å². The highest BCUT2D eigenvalue weighted by Gasteiger charge is 2.15. The van der Waals surface area contributed by atoms with Gasteiger partial charge in [0, 0.05) is 4.90 Å². The molecule has 0 aliphatic carbocycles. The van der Waals surface area contributed by atoms with Crippen LogP contribution in [0.15, 0.2) is 17.0 Å². The van der Waals surface area contributed by atoms with Crippen molar-refractivity contribution in [1.82, 2.24) is 0 Å². The summed E-state index contributed by atoms with van der Waals surface area (Å²) in [6.45, 7) is 0. The Morgan fingerprint density at radius 2 is 2.23 bits per heavy atom. The summed E-state index contributed by atoms with van der Waals surface area (Å²) in [5, 5.41) is 0. The van der Waals surface area contributed by atoms with E-state index < -0.39 is 11.8 Å². The summed E-state index contributed by atoms with van der Waals surface area (Å²) in [5.74, 6) is -1.49. The smallest absolute Gasteiger partial charge is 0.341 e. The second kappa shape index (κ2) is 3.83. The third kappa shape index (κ3) is 2.04. The van der Waals surface area contributed by atoms with E-state index in [-0.39, 0.29) is 15.9 Å². The zero-order valence-electron chi connectivity index (χ0n) is 6.87. The number of rotatable bonds is 1. The first-order valence-corrected chi connectivity index (χ1v) is 3.87. The van der Waals surface area contributed by atoms with Crippen molar-refractivity contribution in [2.45, 2.75) is 4.90 Å². The van der Waals surface area contributed by atoms with Gasteiger partial charge in [-0.05, 0) is 6.07 Å². The van der Waals surface area contributed by atoms with Crippen LogP contribution in [0.5, 0.6) is 0 Å². The molecule has 1 aromatic carbocycles. The van der Waals surface area contributed by atoms with Crippen molar-refractivity contribution in [3.8, 4) is 0 Å². The summed E-state index contributed by atoms with van der Waals surface area (Å²) in [6.07, 6.45) is 0. The summed E-state index contributed by atoms with van der Waals surface area (Å²) < 4.78 is 17.5. The fourth-order valence-corrected chi connectivity index (χ4v) is 1.26. The summed E-state index contributed by atoms with van der Waals surface area (Å²) in [7, 11) is 6.50. The Kier molecular flexibility index (Phi) is 2.98. The van der Waals surface area contributed by atoms with Crippen molar-refractivity contribution in [3.63, 3.8) is 0 Å². The second-order valence-corrected chi connectivity index (χ2v) is 2.87. The van der Waals surface area contributed by atoms with Crippen molar-refractivity contribution in [2.24, 2.45) is 0 Å². The number of halogens is 1. The van der Waals surface area contributed by atoms with Gasteiger partial charge in [-0.2, -0.15) is 0 Å². The molecule has 0 spiro atoms. The molecule has 0 fully saturated rings. The van der Waals surface area contributed by atoms with E-state index in [0.717, 1.165) is 6.07 Å². The molecule has 0 N–H and O–H groups in total.